The molecule has 3 N–H and O–H groups in total. The van der Waals surface area contributed by atoms with Crippen LogP contribution in [0.15, 0.2) is 0 Å². The van der Waals surface area contributed by atoms with Crippen LogP contribution in [0.2, 0.25) is 0 Å². The van der Waals surface area contributed by atoms with Crippen molar-refractivity contribution in [3.05, 3.63) is 0 Å². The summed E-state index contributed by atoms with van der Waals surface area (Å²) in [5.74, 6) is -1.65. The first kappa shape index (κ1) is 16.5. The van der Waals surface area contributed by atoms with Crippen molar-refractivity contribution in [3.63, 3.8) is 0 Å². The van der Waals surface area contributed by atoms with Gasteiger partial charge in [0.05, 0.1) is 0 Å². The number of aliphatic hydroxyl groups is 1. The number of phosphoric ester groups is 1. The van der Waals surface area contributed by atoms with Crippen LogP contribution in [0.5, 0.6) is 0 Å². The van der Waals surface area contributed by atoms with E-state index in [0.717, 1.165) is 0 Å². The summed E-state index contributed by atoms with van der Waals surface area (Å²) in [7, 11) is -4.59. The molecule has 1 atom stereocenters. The maximum atomic E-state index is 10.3. The summed E-state index contributed by atoms with van der Waals surface area (Å²) in [6.07, 6.45) is 0.179. The summed E-state index contributed by atoms with van der Waals surface area (Å²) < 4.78 is 14.5. The third-order valence-corrected chi connectivity index (χ3v) is 1.73. The predicted octanol–water partition coefficient (Wildman–Crippen LogP) is -2.03. The van der Waals surface area contributed by atoms with Gasteiger partial charge < -0.3 is 16.3 Å². The molecule has 0 heterocycles. The quantitative estimate of drug-likeness (QED) is 0.290. The van der Waals surface area contributed by atoms with E-state index in [1.54, 1.807) is 0 Å². The van der Waals surface area contributed by atoms with Gasteiger partial charge in [0.15, 0.2) is 5.79 Å². The van der Waals surface area contributed by atoms with Crippen molar-refractivity contribution in [2.75, 3.05) is 0 Å². The molecule has 0 aromatic rings. The molecule has 0 spiro atoms. The molecule has 0 amide bonds. The van der Waals surface area contributed by atoms with Crippen LogP contribution in [-0.4, -0.2) is 20.7 Å². The van der Waals surface area contributed by atoms with Gasteiger partial charge in [0.2, 0.25) is 0 Å². The standard InChI is InChI=1S/C6H15O5P.Na.H/c1-5(2)4-6(3,7)11-12(8,9)10;;/h5,7H,4H2,1-3H3,(H2,8,9,10);;/q;+1;-1. The average molecular weight is 222 g/mol. The Balaban J connectivity index is -0.000000605. The monoisotopic (exact) mass is 222 g/mol. The second-order valence-corrected chi connectivity index (χ2v) is 4.52. The average Bonchev–Trinajstić information content (AvgIpc) is 1.48. The van der Waals surface area contributed by atoms with Gasteiger partial charge in [-0.15, -0.1) is 0 Å². The fourth-order valence-electron chi connectivity index (χ4n) is 1.05. The Morgan fingerprint density at radius 2 is 1.92 bits per heavy atom. The maximum Gasteiger partial charge on any atom is 1.00 e. The van der Waals surface area contributed by atoms with Gasteiger partial charge in [-0.25, -0.2) is 4.57 Å². The molecule has 0 aliphatic carbocycles. The molecule has 0 radical (unpaired) electrons. The van der Waals surface area contributed by atoms with Crippen LogP contribution in [0.1, 0.15) is 28.6 Å². The molecule has 1 unspecified atom stereocenters. The van der Waals surface area contributed by atoms with Crippen molar-refractivity contribution < 1.29 is 55.0 Å². The van der Waals surface area contributed by atoms with Crippen LogP contribution in [0.25, 0.3) is 0 Å². The van der Waals surface area contributed by atoms with E-state index in [4.69, 9.17) is 9.79 Å². The zero-order valence-corrected chi connectivity index (χ0v) is 11.3. The molecule has 0 fully saturated rings. The van der Waals surface area contributed by atoms with Gasteiger partial charge in [-0.3, -0.25) is 4.52 Å². The van der Waals surface area contributed by atoms with Gasteiger partial charge in [0, 0.05) is 6.42 Å². The second kappa shape index (κ2) is 5.83. The van der Waals surface area contributed by atoms with Crippen LogP contribution >= 0.6 is 7.82 Å². The third-order valence-electron chi connectivity index (χ3n) is 1.10. The summed E-state index contributed by atoms with van der Waals surface area (Å²) >= 11 is 0. The molecule has 76 valence electrons. The van der Waals surface area contributed by atoms with E-state index in [9.17, 15) is 9.67 Å². The second-order valence-electron chi connectivity index (χ2n) is 3.35. The molecule has 0 aromatic carbocycles. The number of rotatable bonds is 4. The molecular weight excluding hydrogens is 206 g/mol. The van der Waals surface area contributed by atoms with Crippen molar-refractivity contribution >= 4 is 7.82 Å². The maximum absolute atomic E-state index is 10.3. The minimum Gasteiger partial charge on any atom is -1.00 e. The van der Waals surface area contributed by atoms with Crippen LogP contribution in [0, 0.1) is 5.92 Å². The largest absolute Gasteiger partial charge is 1.00 e. The van der Waals surface area contributed by atoms with Crippen molar-refractivity contribution in [2.45, 2.75) is 33.0 Å². The van der Waals surface area contributed by atoms with Gasteiger partial charge in [-0.05, 0) is 12.8 Å². The van der Waals surface area contributed by atoms with E-state index in [1.807, 2.05) is 13.8 Å². The third kappa shape index (κ3) is 11.0. The summed E-state index contributed by atoms with van der Waals surface area (Å²) in [5, 5.41) is 9.31. The fourth-order valence-corrected chi connectivity index (χ4v) is 1.64. The molecule has 0 aromatic heterocycles. The number of hydrogen-bond acceptors (Lipinski definition) is 3. The fraction of sp³-hybridized carbons (Fsp3) is 1.00. The van der Waals surface area contributed by atoms with Crippen LogP contribution < -0.4 is 29.6 Å². The molecule has 5 nitrogen and oxygen atoms in total. The van der Waals surface area contributed by atoms with E-state index in [1.165, 1.54) is 6.92 Å². The molecule has 0 aliphatic rings. The topological polar surface area (TPSA) is 87.0 Å². The first-order valence-corrected chi connectivity index (χ1v) is 5.14. The van der Waals surface area contributed by atoms with Crippen LogP contribution in [-0.2, 0) is 9.09 Å². The molecular formula is C6H16NaO5P. The normalized spacial score (nSPS) is 16.5. The van der Waals surface area contributed by atoms with Crippen molar-refractivity contribution in [2.24, 2.45) is 5.92 Å². The van der Waals surface area contributed by atoms with Gasteiger partial charge >= 0.3 is 37.4 Å². The summed E-state index contributed by atoms with van der Waals surface area (Å²) in [6, 6.07) is 0. The Hall–Kier alpha value is 1.07. The Morgan fingerprint density at radius 1 is 1.54 bits per heavy atom. The minimum atomic E-state index is -4.59. The van der Waals surface area contributed by atoms with Crippen molar-refractivity contribution in [1.29, 1.82) is 0 Å². The Morgan fingerprint density at radius 3 is 2.15 bits per heavy atom. The summed E-state index contributed by atoms with van der Waals surface area (Å²) in [5.41, 5.74) is 0. The van der Waals surface area contributed by atoms with Crippen molar-refractivity contribution in [1.82, 2.24) is 0 Å². The van der Waals surface area contributed by atoms with E-state index < -0.39 is 13.6 Å². The number of hydrogen-bond donors (Lipinski definition) is 3. The molecule has 0 bridgehead atoms. The van der Waals surface area contributed by atoms with E-state index in [-0.39, 0.29) is 43.3 Å². The molecule has 7 heteroatoms. The molecule has 0 saturated heterocycles. The number of phosphoric acid groups is 1. The van der Waals surface area contributed by atoms with Gasteiger partial charge in [0.25, 0.3) is 0 Å². The summed E-state index contributed by atoms with van der Waals surface area (Å²) in [4.78, 5) is 16.8. The van der Waals surface area contributed by atoms with Gasteiger partial charge in [-0.2, -0.15) is 0 Å². The minimum absolute atomic E-state index is 0. The van der Waals surface area contributed by atoms with E-state index in [2.05, 4.69) is 4.52 Å². The first-order valence-electron chi connectivity index (χ1n) is 3.61. The predicted molar refractivity (Wildman–Crippen MR) is 44.3 cm³/mol. The zero-order chi connectivity index (χ0) is 9.99. The Kier molecular flexibility index (Phi) is 7.40. The molecule has 13 heavy (non-hydrogen) atoms. The van der Waals surface area contributed by atoms with E-state index in [0.29, 0.717) is 0 Å². The van der Waals surface area contributed by atoms with Crippen molar-refractivity contribution in [3.8, 4) is 0 Å². The van der Waals surface area contributed by atoms with Gasteiger partial charge in [0.1, 0.15) is 0 Å². The van der Waals surface area contributed by atoms with Crippen LogP contribution in [0.4, 0.5) is 0 Å². The summed E-state index contributed by atoms with van der Waals surface area (Å²) in [6.45, 7) is 4.86. The molecule has 0 rings (SSSR count). The smallest absolute Gasteiger partial charge is 1.00 e. The SMILES string of the molecule is CC(C)CC(C)(O)OP(=O)(O)O.[H-].[Na+]. The van der Waals surface area contributed by atoms with E-state index >= 15 is 0 Å². The first-order chi connectivity index (χ1) is 5.12. The zero-order valence-electron chi connectivity index (χ0n) is 9.39. The Bertz CT molecular complexity index is 193. The van der Waals surface area contributed by atoms with Crippen LogP contribution in [0.3, 0.4) is 0 Å². The Labute approximate surface area is 102 Å². The van der Waals surface area contributed by atoms with Gasteiger partial charge in [-0.1, -0.05) is 13.8 Å². The molecule has 0 aliphatic heterocycles. The molecule has 0 saturated carbocycles.